The number of fused-ring (bicyclic) bond motifs is 5. The normalized spacial score (nSPS) is 14.1. The van der Waals surface area contributed by atoms with Crippen molar-refractivity contribution < 1.29 is 13.2 Å². The molecule has 0 bridgehead atoms. The average Bonchev–Trinajstić information content (AvgIpc) is 2.91. The summed E-state index contributed by atoms with van der Waals surface area (Å²) in [6.07, 6.45) is 0. The Kier molecular flexibility index (Phi) is 3.97. The number of amides is 1. The monoisotopic (exact) mass is 384 g/mol. The average molecular weight is 384 g/mol. The highest BCUT2D eigenvalue weighted by atomic mass is 32.2. The second-order valence-electron chi connectivity index (χ2n) is 6.70. The minimum absolute atomic E-state index is 0.287. The highest BCUT2D eigenvalue weighted by Gasteiger charge is 2.30. The number of rotatable bonds is 3. The number of benzene rings is 2. The van der Waals surface area contributed by atoms with Crippen LogP contribution in [-0.2, 0) is 16.8 Å². The van der Waals surface area contributed by atoms with Crippen LogP contribution in [0.3, 0.4) is 0 Å². The van der Waals surface area contributed by atoms with Crippen LogP contribution in [0.5, 0.6) is 0 Å². The van der Waals surface area contributed by atoms with Crippen LogP contribution in [0.15, 0.2) is 48.5 Å². The number of para-hydroxylation sites is 1. The van der Waals surface area contributed by atoms with Crippen molar-refractivity contribution in [3.05, 3.63) is 54.1 Å². The van der Waals surface area contributed by atoms with Crippen molar-refractivity contribution >= 4 is 32.7 Å². The van der Waals surface area contributed by atoms with Crippen LogP contribution in [-0.4, -0.2) is 43.8 Å². The third-order valence-electron chi connectivity index (χ3n) is 4.90. The molecule has 4 rings (SSSR count). The Morgan fingerprint density at radius 2 is 1.81 bits per heavy atom. The van der Waals surface area contributed by atoms with Crippen LogP contribution < -0.4 is 10.0 Å². The Labute approximate surface area is 157 Å². The minimum Gasteiger partial charge on any atom is -0.366 e. The van der Waals surface area contributed by atoms with E-state index in [0.29, 0.717) is 17.8 Å². The lowest BCUT2D eigenvalue weighted by Gasteiger charge is -2.27. The number of aromatic nitrogens is 1. The maximum atomic E-state index is 12.9. The van der Waals surface area contributed by atoms with E-state index < -0.39 is 16.1 Å². The summed E-state index contributed by atoms with van der Waals surface area (Å²) in [5, 5.41) is 0.980. The van der Waals surface area contributed by atoms with E-state index in [0.717, 1.165) is 22.2 Å². The van der Waals surface area contributed by atoms with E-state index in [1.807, 2.05) is 41.0 Å². The number of hydrogen-bond donors (Lipinski definition) is 1. The van der Waals surface area contributed by atoms with Crippen molar-refractivity contribution in [3.63, 3.8) is 0 Å². The van der Waals surface area contributed by atoms with Gasteiger partial charge in [0, 0.05) is 42.7 Å². The molecule has 1 amide bonds. The number of hydrogen-bond acceptors (Lipinski definition) is 3. The summed E-state index contributed by atoms with van der Waals surface area (Å²) in [5.41, 5.74) is 9.11. The summed E-state index contributed by atoms with van der Waals surface area (Å²) >= 11 is 0. The molecule has 0 atom stereocenters. The fraction of sp³-hybridized carbons (Fsp3) is 0.211. The zero-order chi connectivity index (χ0) is 19.3. The largest absolute Gasteiger partial charge is 0.366 e. The standard InChI is InChI=1S/C19H20N4O3S/c1-21(2)27(25,26)23-10-9-22-17-12-14(19(20)24)8-7-13(17)11-18(22)15-5-3-4-6-16(15)23/h3-8,11-12H,9-10H2,1-2H3,(H2,20,24). The summed E-state index contributed by atoms with van der Waals surface area (Å²) in [4.78, 5) is 11.6. The van der Waals surface area contributed by atoms with E-state index in [9.17, 15) is 13.2 Å². The highest BCUT2D eigenvalue weighted by Crippen LogP contribution is 2.38. The molecule has 0 unspecified atom stereocenters. The lowest BCUT2D eigenvalue weighted by atomic mass is 10.1. The van der Waals surface area contributed by atoms with Crippen molar-refractivity contribution in [2.75, 3.05) is 24.9 Å². The van der Waals surface area contributed by atoms with Gasteiger partial charge in [0.05, 0.1) is 17.9 Å². The van der Waals surface area contributed by atoms with Gasteiger partial charge < -0.3 is 10.3 Å². The molecule has 0 spiro atoms. The Hall–Kier alpha value is -2.84. The quantitative estimate of drug-likeness (QED) is 0.749. The van der Waals surface area contributed by atoms with Crippen molar-refractivity contribution in [1.82, 2.24) is 8.87 Å². The third-order valence-corrected chi connectivity index (χ3v) is 6.76. The molecular formula is C19H20N4O3S. The van der Waals surface area contributed by atoms with E-state index in [-0.39, 0.29) is 6.54 Å². The Morgan fingerprint density at radius 3 is 2.52 bits per heavy atom. The molecule has 1 aliphatic rings. The van der Waals surface area contributed by atoms with Gasteiger partial charge in [-0.1, -0.05) is 24.3 Å². The predicted molar refractivity (Wildman–Crippen MR) is 106 cm³/mol. The van der Waals surface area contributed by atoms with Gasteiger partial charge in [-0.3, -0.25) is 9.10 Å². The summed E-state index contributed by atoms with van der Waals surface area (Å²) < 4.78 is 30.4. The molecule has 0 saturated heterocycles. The van der Waals surface area contributed by atoms with Gasteiger partial charge in [0.2, 0.25) is 5.91 Å². The van der Waals surface area contributed by atoms with Crippen molar-refractivity contribution in [2.24, 2.45) is 5.73 Å². The van der Waals surface area contributed by atoms with E-state index in [4.69, 9.17) is 5.73 Å². The van der Waals surface area contributed by atoms with Gasteiger partial charge in [0.15, 0.2) is 0 Å². The molecule has 0 radical (unpaired) electrons. The Balaban J connectivity index is 1.97. The Bertz CT molecular complexity index is 1160. The van der Waals surface area contributed by atoms with Gasteiger partial charge in [-0.15, -0.1) is 0 Å². The summed E-state index contributed by atoms with van der Waals surface area (Å²) in [6, 6.07) is 14.8. The molecule has 0 saturated carbocycles. The first-order valence-corrected chi connectivity index (χ1v) is 9.93. The van der Waals surface area contributed by atoms with Gasteiger partial charge in [-0.25, -0.2) is 0 Å². The SMILES string of the molecule is CN(C)S(=O)(=O)N1CCn2c(cc3ccc(C(N)=O)cc32)-c2ccccc21. The number of carbonyl (C=O) groups is 1. The van der Waals surface area contributed by atoms with Crippen LogP contribution in [0.2, 0.25) is 0 Å². The zero-order valence-corrected chi connectivity index (χ0v) is 15.9. The van der Waals surface area contributed by atoms with Gasteiger partial charge in [0.1, 0.15) is 0 Å². The molecule has 3 aromatic rings. The second kappa shape index (κ2) is 6.11. The smallest absolute Gasteiger partial charge is 0.303 e. The lowest BCUT2D eigenvalue weighted by Crippen LogP contribution is -2.41. The minimum atomic E-state index is -3.63. The first-order valence-electron chi connectivity index (χ1n) is 8.53. The van der Waals surface area contributed by atoms with E-state index in [2.05, 4.69) is 0 Å². The maximum Gasteiger partial charge on any atom is 0.303 e. The second-order valence-corrected chi connectivity index (χ2v) is 8.77. The summed E-state index contributed by atoms with van der Waals surface area (Å²) in [7, 11) is -0.577. The molecule has 1 aliphatic heterocycles. The molecule has 8 heteroatoms. The number of carbonyl (C=O) groups excluding carboxylic acids is 1. The van der Waals surface area contributed by atoms with Gasteiger partial charge in [-0.05, 0) is 24.3 Å². The number of nitrogens with two attached hydrogens (primary N) is 1. The lowest BCUT2D eigenvalue weighted by molar-refractivity contribution is 0.100. The van der Waals surface area contributed by atoms with Crippen molar-refractivity contribution in [3.8, 4) is 11.3 Å². The third kappa shape index (κ3) is 2.68. The van der Waals surface area contributed by atoms with E-state index >= 15 is 0 Å². The van der Waals surface area contributed by atoms with Crippen LogP contribution in [0.25, 0.3) is 22.2 Å². The highest BCUT2D eigenvalue weighted by molar-refractivity contribution is 7.90. The summed E-state index contributed by atoms with van der Waals surface area (Å²) in [6.45, 7) is 0.748. The number of primary amides is 1. The zero-order valence-electron chi connectivity index (χ0n) is 15.1. The van der Waals surface area contributed by atoms with E-state index in [1.165, 1.54) is 22.7 Å². The molecule has 140 valence electrons. The summed E-state index contributed by atoms with van der Waals surface area (Å²) in [5.74, 6) is -0.488. The first kappa shape index (κ1) is 17.6. The predicted octanol–water partition coefficient (Wildman–Crippen LogP) is 2.03. The molecule has 0 fully saturated rings. The van der Waals surface area contributed by atoms with Crippen molar-refractivity contribution in [1.29, 1.82) is 0 Å². The molecule has 1 aromatic heterocycles. The van der Waals surface area contributed by atoms with E-state index in [1.54, 1.807) is 12.1 Å². The fourth-order valence-electron chi connectivity index (χ4n) is 3.53. The van der Waals surface area contributed by atoms with Crippen LogP contribution in [0.4, 0.5) is 5.69 Å². The van der Waals surface area contributed by atoms with Crippen LogP contribution in [0.1, 0.15) is 10.4 Å². The van der Waals surface area contributed by atoms with Crippen LogP contribution in [0, 0.1) is 0 Å². The molecule has 0 aliphatic carbocycles. The van der Waals surface area contributed by atoms with Gasteiger partial charge >= 0.3 is 10.2 Å². The van der Waals surface area contributed by atoms with Gasteiger partial charge in [0.25, 0.3) is 0 Å². The molecule has 2 N–H and O–H groups in total. The molecule has 27 heavy (non-hydrogen) atoms. The first-order chi connectivity index (χ1) is 12.8. The molecule has 7 nitrogen and oxygen atoms in total. The number of anilines is 1. The van der Waals surface area contributed by atoms with Crippen LogP contribution >= 0.6 is 0 Å². The molecular weight excluding hydrogens is 364 g/mol. The number of nitrogens with zero attached hydrogens (tertiary/aromatic N) is 3. The Morgan fingerprint density at radius 1 is 1.07 bits per heavy atom. The molecule has 2 aromatic carbocycles. The topological polar surface area (TPSA) is 88.6 Å². The molecule has 2 heterocycles. The van der Waals surface area contributed by atoms with Gasteiger partial charge in [-0.2, -0.15) is 12.7 Å². The van der Waals surface area contributed by atoms with Crippen molar-refractivity contribution in [2.45, 2.75) is 6.54 Å². The maximum absolute atomic E-state index is 12.9. The fourth-order valence-corrected chi connectivity index (χ4v) is 4.64.